The third kappa shape index (κ3) is 4.69. The number of nitro groups is 1. The zero-order valence-electron chi connectivity index (χ0n) is 14.3. The van der Waals surface area contributed by atoms with E-state index in [1.54, 1.807) is 37.3 Å². The Bertz CT molecular complexity index is 776. The number of carbonyl (C=O) groups is 1. The number of nitro benzene ring substituents is 1. The molecule has 0 aliphatic heterocycles. The van der Waals surface area contributed by atoms with E-state index in [1.807, 2.05) is 6.92 Å². The molecule has 0 saturated carbocycles. The first kappa shape index (κ1) is 18.3. The Morgan fingerprint density at radius 1 is 1.24 bits per heavy atom. The lowest BCUT2D eigenvalue weighted by Gasteiger charge is -2.16. The molecule has 0 aliphatic carbocycles. The second-order valence-electron chi connectivity index (χ2n) is 5.41. The summed E-state index contributed by atoms with van der Waals surface area (Å²) in [4.78, 5) is 23.0. The number of para-hydroxylation sites is 2. The van der Waals surface area contributed by atoms with Gasteiger partial charge in [-0.25, -0.2) is 0 Å². The van der Waals surface area contributed by atoms with Crippen LogP contribution in [0.5, 0.6) is 11.5 Å². The average molecular weight is 344 g/mol. The minimum Gasteiger partial charge on any atom is -0.492 e. The molecule has 2 aromatic carbocycles. The van der Waals surface area contributed by atoms with Crippen molar-refractivity contribution >= 4 is 17.3 Å². The van der Waals surface area contributed by atoms with Crippen molar-refractivity contribution in [3.63, 3.8) is 0 Å². The van der Waals surface area contributed by atoms with Crippen molar-refractivity contribution in [3.8, 4) is 11.5 Å². The molecule has 2 rings (SSSR count). The van der Waals surface area contributed by atoms with Gasteiger partial charge in [0.1, 0.15) is 5.75 Å². The summed E-state index contributed by atoms with van der Waals surface area (Å²) in [7, 11) is 0. The van der Waals surface area contributed by atoms with Crippen molar-refractivity contribution in [2.45, 2.75) is 26.9 Å². The Morgan fingerprint density at radius 3 is 2.64 bits per heavy atom. The average Bonchev–Trinajstić information content (AvgIpc) is 2.58. The molecule has 1 amide bonds. The van der Waals surface area contributed by atoms with Crippen LogP contribution in [-0.4, -0.2) is 23.5 Å². The summed E-state index contributed by atoms with van der Waals surface area (Å²) in [5, 5.41) is 13.9. The molecule has 0 radical (unpaired) electrons. The molecule has 1 N–H and O–H groups in total. The molecule has 25 heavy (non-hydrogen) atoms. The molecule has 0 spiro atoms. The van der Waals surface area contributed by atoms with Crippen molar-refractivity contribution in [1.82, 2.24) is 0 Å². The van der Waals surface area contributed by atoms with Crippen molar-refractivity contribution in [3.05, 3.63) is 58.1 Å². The van der Waals surface area contributed by atoms with Gasteiger partial charge in [0.2, 0.25) is 0 Å². The van der Waals surface area contributed by atoms with Gasteiger partial charge in [-0.3, -0.25) is 14.9 Å². The number of benzene rings is 2. The number of nitrogens with zero attached hydrogens (tertiary/aromatic N) is 1. The maximum Gasteiger partial charge on any atom is 0.311 e. The number of hydrogen-bond donors (Lipinski definition) is 1. The third-order valence-electron chi connectivity index (χ3n) is 3.43. The van der Waals surface area contributed by atoms with Crippen LogP contribution in [0.25, 0.3) is 0 Å². The van der Waals surface area contributed by atoms with Crippen molar-refractivity contribution in [2.24, 2.45) is 0 Å². The van der Waals surface area contributed by atoms with Gasteiger partial charge in [0.05, 0.1) is 17.2 Å². The predicted molar refractivity (Wildman–Crippen MR) is 94.2 cm³/mol. The fourth-order valence-corrected chi connectivity index (χ4v) is 2.20. The number of carbonyl (C=O) groups excluding carboxylic acids is 1. The van der Waals surface area contributed by atoms with Crippen LogP contribution in [0.4, 0.5) is 11.4 Å². The van der Waals surface area contributed by atoms with E-state index in [4.69, 9.17) is 9.47 Å². The second kappa shape index (κ2) is 8.14. The SMILES string of the molecule is CCOc1ccccc1NC(=O)[C@H](C)Oc1ccc(C)cc1[N+](=O)[O-]. The molecule has 0 unspecified atom stereocenters. The molecular weight excluding hydrogens is 324 g/mol. The number of nitrogens with one attached hydrogen (secondary N) is 1. The van der Waals surface area contributed by atoms with Crippen LogP contribution in [0, 0.1) is 17.0 Å². The summed E-state index contributed by atoms with van der Waals surface area (Å²) >= 11 is 0. The second-order valence-corrected chi connectivity index (χ2v) is 5.41. The van der Waals surface area contributed by atoms with Crippen molar-refractivity contribution in [2.75, 3.05) is 11.9 Å². The smallest absolute Gasteiger partial charge is 0.311 e. The van der Waals surface area contributed by atoms with Crippen LogP contribution in [0.3, 0.4) is 0 Å². The molecule has 7 nitrogen and oxygen atoms in total. The summed E-state index contributed by atoms with van der Waals surface area (Å²) in [5.41, 5.74) is 1.08. The van der Waals surface area contributed by atoms with Gasteiger partial charge in [-0.1, -0.05) is 18.2 Å². The molecule has 0 bridgehead atoms. The zero-order valence-corrected chi connectivity index (χ0v) is 14.3. The van der Waals surface area contributed by atoms with Gasteiger partial charge in [0, 0.05) is 6.07 Å². The minimum atomic E-state index is -0.920. The first-order chi connectivity index (χ1) is 11.9. The van der Waals surface area contributed by atoms with E-state index in [0.29, 0.717) is 18.0 Å². The summed E-state index contributed by atoms with van der Waals surface area (Å²) in [5.74, 6) is 0.172. The van der Waals surface area contributed by atoms with Gasteiger partial charge in [-0.15, -0.1) is 0 Å². The van der Waals surface area contributed by atoms with Crippen LogP contribution in [-0.2, 0) is 4.79 Å². The van der Waals surface area contributed by atoms with E-state index < -0.39 is 16.9 Å². The van der Waals surface area contributed by atoms with E-state index in [1.165, 1.54) is 19.1 Å². The number of hydrogen-bond acceptors (Lipinski definition) is 5. The van der Waals surface area contributed by atoms with Gasteiger partial charge in [0.25, 0.3) is 5.91 Å². The summed E-state index contributed by atoms with van der Waals surface area (Å²) < 4.78 is 11.0. The standard InChI is InChI=1S/C18H20N2O5/c1-4-24-16-8-6-5-7-14(16)19-18(21)13(3)25-17-10-9-12(2)11-15(17)20(22)23/h5-11,13H,4H2,1-3H3,(H,19,21)/t13-/m0/s1. The van der Waals surface area contributed by atoms with Crippen LogP contribution >= 0.6 is 0 Å². The fraction of sp³-hybridized carbons (Fsp3) is 0.278. The highest BCUT2D eigenvalue weighted by molar-refractivity contribution is 5.95. The molecular formula is C18H20N2O5. The van der Waals surface area contributed by atoms with E-state index in [0.717, 1.165) is 5.56 Å². The molecule has 0 aromatic heterocycles. The Hall–Kier alpha value is -3.09. The Morgan fingerprint density at radius 2 is 1.96 bits per heavy atom. The maximum absolute atomic E-state index is 12.4. The van der Waals surface area contributed by atoms with E-state index in [9.17, 15) is 14.9 Å². The normalized spacial score (nSPS) is 11.5. The number of rotatable bonds is 7. The van der Waals surface area contributed by atoms with Gasteiger partial charge in [-0.05, 0) is 44.5 Å². The molecule has 0 heterocycles. The summed E-state index contributed by atoms with van der Waals surface area (Å²) in [6.45, 7) is 5.59. The molecule has 1 atom stereocenters. The van der Waals surface area contributed by atoms with Crippen LogP contribution in [0.2, 0.25) is 0 Å². The van der Waals surface area contributed by atoms with Gasteiger partial charge >= 0.3 is 5.69 Å². The predicted octanol–water partition coefficient (Wildman–Crippen LogP) is 3.71. The van der Waals surface area contributed by atoms with Crippen LogP contribution in [0.15, 0.2) is 42.5 Å². The number of aryl methyl sites for hydroxylation is 1. The van der Waals surface area contributed by atoms with E-state index in [-0.39, 0.29) is 11.4 Å². The molecule has 132 valence electrons. The first-order valence-electron chi connectivity index (χ1n) is 7.86. The molecule has 0 saturated heterocycles. The fourth-order valence-electron chi connectivity index (χ4n) is 2.20. The largest absolute Gasteiger partial charge is 0.492 e. The van der Waals surface area contributed by atoms with Gasteiger partial charge in [0.15, 0.2) is 11.9 Å². The third-order valence-corrected chi connectivity index (χ3v) is 3.43. The minimum absolute atomic E-state index is 0.0522. The summed E-state index contributed by atoms with van der Waals surface area (Å²) in [6, 6.07) is 11.6. The Balaban J connectivity index is 2.13. The van der Waals surface area contributed by atoms with Crippen molar-refractivity contribution < 1.29 is 19.2 Å². The first-order valence-corrected chi connectivity index (χ1v) is 7.86. The molecule has 0 aliphatic rings. The Kier molecular flexibility index (Phi) is 5.94. The lowest BCUT2D eigenvalue weighted by molar-refractivity contribution is -0.386. The molecule has 2 aromatic rings. The lowest BCUT2D eigenvalue weighted by Crippen LogP contribution is -2.30. The molecule has 0 fully saturated rings. The highest BCUT2D eigenvalue weighted by atomic mass is 16.6. The van der Waals surface area contributed by atoms with E-state index >= 15 is 0 Å². The number of amides is 1. The van der Waals surface area contributed by atoms with Gasteiger partial charge in [-0.2, -0.15) is 0 Å². The monoisotopic (exact) mass is 344 g/mol. The highest BCUT2D eigenvalue weighted by Crippen LogP contribution is 2.29. The van der Waals surface area contributed by atoms with Gasteiger partial charge < -0.3 is 14.8 Å². The van der Waals surface area contributed by atoms with Crippen LogP contribution < -0.4 is 14.8 Å². The maximum atomic E-state index is 12.4. The quantitative estimate of drug-likeness (QED) is 0.611. The lowest BCUT2D eigenvalue weighted by atomic mass is 10.2. The molecule has 7 heteroatoms. The summed E-state index contributed by atoms with van der Waals surface area (Å²) in [6.07, 6.45) is -0.920. The van der Waals surface area contributed by atoms with Crippen molar-refractivity contribution in [1.29, 1.82) is 0 Å². The zero-order chi connectivity index (χ0) is 18.4. The number of anilines is 1. The highest BCUT2D eigenvalue weighted by Gasteiger charge is 2.22. The Labute approximate surface area is 145 Å². The van der Waals surface area contributed by atoms with E-state index in [2.05, 4.69) is 5.32 Å². The number of ether oxygens (including phenoxy) is 2. The topological polar surface area (TPSA) is 90.7 Å². The van der Waals surface area contributed by atoms with Crippen LogP contribution in [0.1, 0.15) is 19.4 Å².